The van der Waals surface area contributed by atoms with Crippen LogP contribution in [0.1, 0.15) is 68.6 Å². The molecule has 2 rings (SSSR count). The molecule has 2 heteroatoms. The minimum absolute atomic E-state index is 0.663. The number of nitrogens with one attached hydrogen (secondary N) is 2. The van der Waals surface area contributed by atoms with Gasteiger partial charge in [-0.15, -0.1) is 6.58 Å². The van der Waals surface area contributed by atoms with Gasteiger partial charge in [-0.3, -0.25) is 0 Å². The van der Waals surface area contributed by atoms with Crippen LogP contribution in [0.3, 0.4) is 0 Å². The van der Waals surface area contributed by atoms with E-state index in [1.807, 2.05) is 12.2 Å². The first kappa shape index (κ1) is 19.5. The summed E-state index contributed by atoms with van der Waals surface area (Å²) in [7, 11) is 0. The van der Waals surface area contributed by atoms with E-state index in [-0.39, 0.29) is 0 Å². The minimum Gasteiger partial charge on any atom is -0.384 e. The van der Waals surface area contributed by atoms with E-state index in [4.69, 9.17) is 5.41 Å². The predicted octanol–water partition coefficient (Wildman–Crippen LogP) is 6.10. The summed E-state index contributed by atoms with van der Waals surface area (Å²) in [5, 5.41) is 11.5. The predicted molar refractivity (Wildman–Crippen MR) is 109 cm³/mol. The van der Waals surface area contributed by atoms with E-state index in [9.17, 15) is 0 Å². The fraction of sp³-hybridized carbons (Fsp3) is 0.522. The number of hydrogen-bond acceptors (Lipinski definition) is 2. The summed E-state index contributed by atoms with van der Waals surface area (Å²) in [6.45, 7) is 8.78. The highest BCUT2D eigenvalue weighted by Gasteiger charge is 2.15. The second-order valence-corrected chi connectivity index (χ2v) is 7.49. The first-order valence-corrected chi connectivity index (χ1v) is 9.77. The van der Waals surface area contributed by atoms with Gasteiger partial charge in [0.25, 0.3) is 0 Å². The van der Waals surface area contributed by atoms with Gasteiger partial charge in [0.15, 0.2) is 0 Å². The summed E-state index contributed by atoms with van der Waals surface area (Å²) in [6, 6.07) is 6.86. The molecule has 0 bridgehead atoms. The lowest BCUT2D eigenvalue weighted by atomic mass is 9.94. The van der Waals surface area contributed by atoms with Gasteiger partial charge in [-0.1, -0.05) is 55.5 Å². The molecule has 1 fully saturated rings. The van der Waals surface area contributed by atoms with Crippen LogP contribution in [0, 0.1) is 18.3 Å². The first-order valence-electron chi connectivity index (χ1n) is 9.77. The first-order chi connectivity index (χ1) is 12.1. The lowest BCUT2D eigenvalue weighted by Crippen LogP contribution is -2.14. The molecule has 2 N–H and O–H groups in total. The molecule has 1 aliphatic rings. The van der Waals surface area contributed by atoms with Gasteiger partial charge in [0.1, 0.15) is 0 Å². The smallest absolute Gasteiger partial charge is 0.0400 e. The Morgan fingerprint density at radius 3 is 2.76 bits per heavy atom. The Morgan fingerprint density at radius 1 is 1.28 bits per heavy atom. The van der Waals surface area contributed by atoms with Crippen LogP contribution in [0.15, 0.2) is 42.6 Å². The Kier molecular flexibility index (Phi) is 7.97. The number of rotatable bonds is 10. The van der Waals surface area contributed by atoms with Crippen molar-refractivity contribution in [1.82, 2.24) is 5.32 Å². The van der Waals surface area contributed by atoms with Crippen molar-refractivity contribution in [3.8, 4) is 0 Å². The van der Waals surface area contributed by atoms with Crippen LogP contribution < -0.4 is 5.32 Å². The zero-order valence-corrected chi connectivity index (χ0v) is 16.0. The Balaban J connectivity index is 1.92. The third-order valence-corrected chi connectivity index (χ3v) is 5.22. The van der Waals surface area contributed by atoms with Gasteiger partial charge >= 0.3 is 0 Å². The van der Waals surface area contributed by atoms with Crippen molar-refractivity contribution in [3.63, 3.8) is 0 Å². The van der Waals surface area contributed by atoms with Gasteiger partial charge in [-0.2, -0.15) is 0 Å². The quantitative estimate of drug-likeness (QED) is 0.392. The Bertz CT molecular complexity index is 607. The molecule has 1 saturated carbocycles. The third kappa shape index (κ3) is 6.89. The van der Waals surface area contributed by atoms with Crippen molar-refractivity contribution < 1.29 is 0 Å². The molecule has 0 saturated heterocycles. The molecule has 25 heavy (non-hydrogen) atoms. The lowest BCUT2D eigenvalue weighted by Gasteiger charge is -2.15. The number of allylic oxidation sites excluding steroid dienone is 3. The summed E-state index contributed by atoms with van der Waals surface area (Å²) < 4.78 is 0. The molecule has 0 unspecified atom stereocenters. The summed E-state index contributed by atoms with van der Waals surface area (Å²) in [4.78, 5) is 0. The Morgan fingerprint density at radius 2 is 2.04 bits per heavy atom. The second-order valence-electron chi connectivity index (χ2n) is 7.49. The third-order valence-electron chi connectivity index (χ3n) is 5.22. The zero-order valence-electron chi connectivity index (χ0n) is 16.0. The molecule has 2 nitrogen and oxygen atoms in total. The van der Waals surface area contributed by atoms with Gasteiger partial charge in [-0.05, 0) is 62.7 Å². The number of aryl methyl sites for hydroxylation is 2. The van der Waals surface area contributed by atoms with Crippen LogP contribution in [-0.2, 0) is 13.0 Å². The number of hydrogen-bond donors (Lipinski definition) is 2. The standard InChI is InChI=1S/C23H34N2/c1-4-5-10-23(24)16-19(3)25-17-22-15-18(2)11-13-21(22)14-12-20-8-6-7-9-20/h4,11,13,15-16,20,24-25H,1,5-10,12,14,17H2,2-3H3/b19-16-,24-23?. The van der Waals surface area contributed by atoms with Gasteiger partial charge in [0.05, 0.1) is 0 Å². The molecule has 0 radical (unpaired) electrons. The zero-order chi connectivity index (χ0) is 18.1. The van der Waals surface area contributed by atoms with Crippen LogP contribution in [0.4, 0.5) is 0 Å². The molecule has 136 valence electrons. The maximum absolute atomic E-state index is 7.98. The van der Waals surface area contributed by atoms with E-state index in [1.165, 1.54) is 55.2 Å². The van der Waals surface area contributed by atoms with Crippen molar-refractivity contribution in [3.05, 3.63) is 59.3 Å². The van der Waals surface area contributed by atoms with Crippen molar-refractivity contribution in [2.75, 3.05) is 0 Å². The molecule has 1 aliphatic carbocycles. The van der Waals surface area contributed by atoms with Gasteiger partial charge < -0.3 is 10.7 Å². The molecular weight excluding hydrogens is 304 g/mol. The summed E-state index contributed by atoms with van der Waals surface area (Å²) >= 11 is 0. The average Bonchev–Trinajstić information content (AvgIpc) is 3.10. The van der Waals surface area contributed by atoms with Gasteiger partial charge in [0.2, 0.25) is 0 Å². The Hall–Kier alpha value is -1.83. The van der Waals surface area contributed by atoms with Crippen LogP contribution in [0.5, 0.6) is 0 Å². The van der Waals surface area contributed by atoms with E-state index in [0.717, 1.165) is 31.0 Å². The largest absolute Gasteiger partial charge is 0.384 e. The van der Waals surface area contributed by atoms with Gasteiger partial charge in [0, 0.05) is 18.0 Å². The Labute approximate surface area is 153 Å². The molecule has 0 amide bonds. The van der Waals surface area contributed by atoms with Crippen molar-refractivity contribution in [2.45, 2.75) is 71.8 Å². The molecule has 1 aromatic carbocycles. The molecule has 0 atom stereocenters. The summed E-state index contributed by atoms with van der Waals surface area (Å²) in [5.41, 5.74) is 5.94. The molecule has 1 aromatic rings. The summed E-state index contributed by atoms with van der Waals surface area (Å²) in [5.74, 6) is 0.939. The van der Waals surface area contributed by atoms with Crippen LogP contribution in [-0.4, -0.2) is 5.71 Å². The van der Waals surface area contributed by atoms with E-state index in [0.29, 0.717) is 5.71 Å². The van der Waals surface area contributed by atoms with Crippen molar-refractivity contribution in [2.24, 2.45) is 5.92 Å². The fourth-order valence-electron chi connectivity index (χ4n) is 3.70. The fourth-order valence-corrected chi connectivity index (χ4v) is 3.70. The maximum atomic E-state index is 7.98. The molecule has 0 aliphatic heterocycles. The second kappa shape index (κ2) is 10.2. The van der Waals surface area contributed by atoms with Gasteiger partial charge in [-0.25, -0.2) is 0 Å². The molecule has 0 aromatic heterocycles. The maximum Gasteiger partial charge on any atom is 0.0400 e. The highest BCUT2D eigenvalue weighted by molar-refractivity contribution is 5.92. The monoisotopic (exact) mass is 338 g/mol. The SMILES string of the molecule is C=CCCC(=N)/C=C(/C)NCc1cc(C)ccc1CCC1CCCC1. The average molecular weight is 339 g/mol. The minimum atomic E-state index is 0.663. The molecule has 0 heterocycles. The highest BCUT2D eigenvalue weighted by atomic mass is 14.9. The topological polar surface area (TPSA) is 35.9 Å². The lowest BCUT2D eigenvalue weighted by molar-refractivity contribution is 0.502. The normalized spacial score (nSPS) is 15.4. The number of benzene rings is 1. The highest BCUT2D eigenvalue weighted by Crippen LogP contribution is 2.29. The van der Waals surface area contributed by atoms with Crippen LogP contribution >= 0.6 is 0 Å². The van der Waals surface area contributed by atoms with Crippen LogP contribution in [0.2, 0.25) is 0 Å². The van der Waals surface area contributed by atoms with Crippen molar-refractivity contribution >= 4 is 5.71 Å². The van der Waals surface area contributed by atoms with E-state index in [2.05, 4.69) is 43.9 Å². The van der Waals surface area contributed by atoms with Crippen LogP contribution in [0.25, 0.3) is 0 Å². The molecule has 0 spiro atoms. The molecular formula is C23H34N2. The summed E-state index contributed by atoms with van der Waals surface area (Å²) in [6.07, 6.45) is 13.7. The van der Waals surface area contributed by atoms with E-state index in [1.54, 1.807) is 0 Å². The van der Waals surface area contributed by atoms with E-state index < -0.39 is 0 Å². The van der Waals surface area contributed by atoms with E-state index >= 15 is 0 Å². The van der Waals surface area contributed by atoms with Crippen molar-refractivity contribution in [1.29, 1.82) is 5.41 Å².